The Morgan fingerprint density at radius 1 is 1.09 bits per heavy atom. The zero-order chi connectivity index (χ0) is 16.2. The summed E-state index contributed by atoms with van der Waals surface area (Å²) in [6.07, 6.45) is 1.60. The molecule has 0 aliphatic heterocycles. The average Bonchev–Trinajstić information content (AvgIpc) is 3.06. The van der Waals surface area contributed by atoms with Crippen LogP contribution in [0, 0.1) is 6.92 Å². The number of amides is 1. The maximum absolute atomic E-state index is 13.0. The van der Waals surface area contributed by atoms with E-state index < -0.39 is 0 Å². The first-order chi connectivity index (χ1) is 11.1. The van der Waals surface area contributed by atoms with Crippen LogP contribution in [0.15, 0.2) is 71.3 Å². The monoisotopic (exact) mass is 325 g/mol. The number of carbonyl (C=O) groups excluding carboxylic acids is 1. The Hall–Kier alpha value is -2.52. The van der Waals surface area contributed by atoms with Crippen LogP contribution < -0.4 is 4.90 Å². The Morgan fingerprint density at radius 2 is 1.87 bits per heavy atom. The molecule has 3 rings (SSSR count). The number of rotatable bonds is 4. The average molecular weight is 326 g/mol. The quantitative estimate of drug-likeness (QED) is 0.669. The summed E-state index contributed by atoms with van der Waals surface area (Å²) in [7, 11) is 0. The molecule has 116 valence electrons. The summed E-state index contributed by atoms with van der Waals surface area (Å²) in [6, 6.07) is 18.4. The number of anilines is 1. The lowest BCUT2D eigenvalue weighted by molar-refractivity contribution is 0.0983. The van der Waals surface area contributed by atoms with Crippen molar-refractivity contribution in [3.05, 3.63) is 88.8 Å². The third-order valence-electron chi connectivity index (χ3n) is 3.54. The first-order valence-electron chi connectivity index (χ1n) is 7.30. The molecule has 0 aliphatic carbocycles. The van der Waals surface area contributed by atoms with Crippen molar-refractivity contribution in [2.45, 2.75) is 13.5 Å². The molecule has 3 aromatic rings. The molecule has 0 fully saturated rings. The van der Waals surface area contributed by atoms with Crippen LogP contribution in [0.5, 0.6) is 0 Å². The topological polar surface area (TPSA) is 33.5 Å². The summed E-state index contributed by atoms with van der Waals surface area (Å²) in [6.45, 7) is 2.33. The molecule has 0 unspecified atom stereocenters. The highest BCUT2D eigenvalue weighted by Crippen LogP contribution is 2.23. The van der Waals surface area contributed by atoms with E-state index in [-0.39, 0.29) is 5.91 Å². The van der Waals surface area contributed by atoms with Crippen LogP contribution in [0.4, 0.5) is 5.69 Å². The SMILES string of the molecule is Cc1cccc(C(=O)N(Cc2ccco2)c2ccc(Cl)cc2)c1. The molecule has 23 heavy (non-hydrogen) atoms. The molecule has 0 bridgehead atoms. The van der Waals surface area contributed by atoms with E-state index in [2.05, 4.69) is 0 Å². The second kappa shape index (κ2) is 6.71. The van der Waals surface area contributed by atoms with Crippen molar-refractivity contribution in [3.8, 4) is 0 Å². The summed E-state index contributed by atoms with van der Waals surface area (Å²) >= 11 is 5.95. The van der Waals surface area contributed by atoms with E-state index in [1.807, 2.05) is 55.5 Å². The van der Waals surface area contributed by atoms with Crippen LogP contribution in [0.3, 0.4) is 0 Å². The number of hydrogen-bond acceptors (Lipinski definition) is 2. The second-order valence-corrected chi connectivity index (χ2v) is 5.75. The normalized spacial score (nSPS) is 10.5. The summed E-state index contributed by atoms with van der Waals surface area (Å²) < 4.78 is 5.40. The molecule has 0 radical (unpaired) electrons. The molecule has 0 N–H and O–H groups in total. The number of halogens is 1. The predicted molar refractivity (Wildman–Crippen MR) is 91.9 cm³/mol. The number of nitrogens with zero attached hydrogens (tertiary/aromatic N) is 1. The Morgan fingerprint density at radius 3 is 2.52 bits per heavy atom. The van der Waals surface area contributed by atoms with Gasteiger partial charge in [0.25, 0.3) is 5.91 Å². The molecule has 0 spiro atoms. The fraction of sp³-hybridized carbons (Fsp3) is 0.105. The molecule has 1 heterocycles. The Balaban J connectivity index is 1.97. The van der Waals surface area contributed by atoms with Gasteiger partial charge in [-0.1, -0.05) is 29.3 Å². The predicted octanol–water partition coefficient (Wildman–Crippen LogP) is 5.09. The number of aryl methyl sites for hydroxylation is 1. The van der Waals surface area contributed by atoms with Crippen molar-refractivity contribution in [1.29, 1.82) is 0 Å². The Labute approximate surface area is 140 Å². The van der Waals surface area contributed by atoms with Gasteiger partial charge in [0.15, 0.2) is 0 Å². The van der Waals surface area contributed by atoms with Gasteiger partial charge in [-0.05, 0) is 55.5 Å². The van der Waals surface area contributed by atoms with Crippen molar-refractivity contribution in [2.75, 3.05) is 4.90 Å². The molecule has 0 saturated heterocycles. The van der Waals surface area contributed by atoms with Crippen molar-refractivity contribution in [3.63, 3.8) is 0 Å². The molecule has 0 atom stereocenters. The maximum atomic E-state index is 13.0. The molecule has 2 aromatic carbocycles. The molecule has 1 amide bonds. The molecular weight excluding hydrogens is 310 g/mol. The number of hydrogen-bond donors (Lipinski definition) is 0. The van der Waals surface area contributed by atoms with Gasteiger partial charge in [-0.25, -0.2) is 0 Å². The third kappa shape index (κ3) is 3.63. The lowest BCUT2D eigenvalue weighted by Crippen LogP contribution is -2.30. The highest BCUT2D eigenvalue weighted by molar-refractivity contribution is 6.30. The lowest BCUT2D eigenvalue weighted by Gasteiger charge is -2.22. The maximum Gasteiger partial charge on any atom is 0.258 e. The highest BCUT2D eigenvalue weighted by atomic mass is 35.5. The molecule has 0 saturated carbocycles. The van der Waals surface area contributed by atoms with Gasteiger partial charge in [0, 0.05) is 16.3 Å². The van der Waals surface area contributed by atoms with E-state index in [9.17, 15) is 4.79 Å². The zero-order valence-electron chi connectivity index (χ0n) is 12.7. The summed E-state index contributed by atoms with van der Waals surface area (Å²) in [5.74, 6) is 0.647. The fourth-order valence-corrected chi connectivity index (χ4v) is 2.52. The molecule has 1 aromatic heterocycles. The fourth-order valence-electron chi connectivity index (χ4n) is 2.39. The van der Waals surface area contributed by atoms with Gasteiger partial charge in [-0.15, -0.1) is 0 Å². The second-order valence-electron chi connectivity index (χ2n) is 5.32. The molecular formula is C19H16ClNO2. The van der Waals surface area contributed by atoms with Crippen LogP contribution in [0.1, 0.15) is 21.7 Å². The number of furan rings is 1. The first-order valence-corrected chi connectivity index (χ1v) is 7.68. The highest BCUT2D eigenvalue weighted by Gasteiger charge is 2.19. The van der Waals surface area contributed by atoms with Gasteiger partial charge in [-0.2, -0.15) is 0 Å². The smallest absolute Gasteiger partial charge is 0.258 e. The first kappa shape index (κ1) is 15.4. The standard InChI is InChI=1S/C19H16ClNO2/c1-14-4-2-5-15(12-14)19(22)21(13-18-6-3-11-23-18)17-9-7-16(20)8-10-17/h2-12H,13H2,1H3. The minimum Gasteiger partial charge on any atom is -0.467 e. The molecule has 0 aliphatic rings. The van der Waals surface area contributed by atoms with E-state index in [0.29, 0.717) is 17.1 Å². The van der Waals surface area contributed by atoms with Crippen molar-refractivity contribution in [2.24, 2.45) is 0 Å². The van der Waals surface area contributed by atoms with Crippen LogP contribution in [-0.2, 0) is 6.54 Å². The van der Waals surface area contributed by atoms with Crippen molar-refractivity contribution >= 4 is 23.2 Å². The van der Waals surface area contributed by atoms with Gasteiger partial charge >= 0.3 is 0 Å². The largest absolute Gasteiger partial charge is 0.467 e. The molecule has 3 nitrogen and oxygen atoms in total. The molecule has 4 heteroatoms. The van der Waals surface area contributed by atoms with Gasteiger partial charge in [-0.3, -0.25) is 4.79 Å². The van der Waals surface area contributed by atoms with Gasteiger partial charge in [0.1, 0.15) is 5.76 Å². The third-order valence-corrected chi connectivity index (χ3v) is 3.79. The van der Waals surface area contributed by atoms with E-state index in [4.69, 9.17) is 16.0 Å². The van der Waals surface area contributed by atoms with Gasteiger partial charge in [0.2, 0.25) is 0 Å². The summed E-state index contributed by atoms with van der Waals surface area (Å²) in [5.41, 5.74) is 2.47. The van der Waals surface area contributed by atoms with Crippen LogP contribution in [0.2, 0.25) is 5.02 Å². The van der Waals surface area contributed by atoms with E-state index in [0.717, 1.165) is 17.0 Å². The van der Waals surface area contributed by atoms with Crippen LogP contribution in [0.25, 0.3) is 0 Å². The number of carbonyl (C=O) groups is 1. The Bertz CT molecular complexity index is 795. The Kier molecular flexibility index (Phi) is 4.49. The lowest BCUT2D eigenvalue weighted by atomic mass is 10.1. The minimum atomic E-state index is -0.0765. The van der Waals surface area contributed by atoms with Gasteiger partial charge in [0.05, 0.1) is 12.8 Å². The van der Waals surface area contributed by atoms with Crippen LogP contribution >= 0.6 is 11.6 Å². The van der Waals surface area contributed by atoms with E-state index in [1.165, 1.54) is 0 Å². The number of benzene rings is 2. The van der Waals surface area contributed by atoms with Crippen molar-refractivity contribution < 1.29 is 9.21 Å². The summed E-state index contributed by atoms with van der Waals surface area (Å²) in [4.78, 5) is 14.6. The van der Waals surface area contributed by atoms with Gasteiger partial charge < -0.3 is 9.32 Å². The minimum absolute atomic E-state index is 0.0765. The van der Waals surface area contributed by atoms with Crippen molar-refractivity contribution in [1.82, 2.24) is 0 Å². The van der Waals surface area contributed by atoms with E-state index in [1.54, 1.807) is 23.3 Å². The summed E-state index contributed by atoms with van der Waals surface area (Å²) in [5, 5.41) is 0.634. The van der Waals surface area contributed by atoms with E-state index >= 15 is 0 Å². The zero-order valence-corrected chi connectivity index (χ0v) is 13.5. The van der Waals surface area contributed by atoms with Crippen LogP contribution in [-0.4, -0.2) is 5.91 Å².